The van der Waals surface area contributed by atoms with Gasteiger partial charge in [-0.25, -0.2) is 8.78 Å². The molecular weight excluding hydrogens is 361 g/mol. The summed E-state index contributed by atoms with van der Waals surface area (Å²) in [5, 5.41) is -0.0413. The predicted molar refractivity (Wildman–Crippen MR) is 100 cm³/mol. The third-order valence-corrected chi connectivity index (χ3v) is 4.68. The van der Waals surface area contributed by atoms with Crippen molar-refractivity contribution in [2.45, 2.75) is 52.4 Å². The third-order valence-electron chi connectivity index (χ3n) is 4.27. The molecule has 2 aromatic rings. The van der Waals surface area contributed by atoms with E-state index in [0.717, 1.165) is 32.1 Å². The van der Waals surface area contributed by atoms with Gasteiger partial charge >= 0.3 is 0 Å². The van der Waals surface area contributed by atoms with Gasteiger partial charge in [-0.15, -0.1) is 0 Å². The molecule has 0 aliphatic rings. The van der Waals surface area contributed by atoms with Gasteiger partial charge in [-0.05, 0) is 30.5 Å². The summed E-state index contributed by atoms with van der Waals surface area (Å²) in [5.41, 5.74) is 0.437. The van der Waals surface area contributed by atoms with Crippen LogP contribution in [0.15, 0.2) is 24.3 Å². The summed E-state index contributed by atoms with van der Waals surface area (Å²) in [6.45, 7) is 4.37. The molecule has 0 aliphatic carbocycles. The third kappa shape index (κ3) is 4.73. The van der Waals surface area contributed by atoms with Gasteiger partial charge in [0.1, 0.15) is 5.82 Å². The number of halogens is 4. The summed E-state index contributed by atoms with van der Waals surface area (Å²) >= 11 is 6.04. The highest BCUT2D eigenvalue weighted by molar-refractivity contribution is 6.31. The molecule has 0 amide bonds. The van der Waals surface area contributed by atoms with E-state index in [-0.39, 0.29) is 21.9 Å². The van der Waals surface area contributed by atoms with Crippen molar-refractivity contribution in [3.63, 3.8) is 0 Å². The Hall–Kier alpha value is -1.68. The minimum atomic E-state index is -1.13. The first kappa shape index (κ1) is 20.6. The van der Waals surface area contributed by atoms with E-state index in [4.69, 9.17) is 16.3 Å². The normalized spacial score (nSPS) is 11.0. The quantitative estimate of drug-likeness (QED) is 0.411. The van der Waals surface area contributed by atoms with Crippen LogP contribution in [0, 0.1) is 17.5 Å². The molecule has 0 atom stereocenters. The van der Waals surface area contributed by atoms with Crippen molar-refractivity contribution in [1.29, 1.82) is 0 Å². The molecule has 26 heavy (non-hydrogen) atoms. The Morgan fingerprint density at radius 2 is 1.50 bits per heavy atom. The summed E-state index contributed by atoms with van der Waals surface area (Å²) in [6.07, 6.45) is 5.35. The van der Waals surface area contributed by atoms with E-state index in [2.05, 4.69) is 6.92 Å². The summed E-state index contributed by atoms with van der Waals surface area (Å²) < 4.78 is 48.7. The van der Waals surface area contributed by atoms with E-state index in [0.29, 0.717) is 18.6 Å². The second-order valence-electron chi connectivity index (χ2n) is 6.30. The van der Waals surface area contributed by atoms with E-state index in [9.17, 15) is 13.2 Å². The molecule has 5 heteroatoms. The zero-order valence-corrected chi connectivity index (χ0v) is 15.9. The highest BCUT2D eigenvalue weighted by Crippen LogP contribution is 2.35. The van der Waals surface area contributed by atoms with Crippen LogP contribution in [0.1, 0.15) is 51.5 Å². The molecule has 0 fully saturated rings. The minimum absolute atomic E-state index is 0.0413. The van der Waals surface area contributed by atoms with Gasteiger partial charge in [0.25, 0.3) is 0 Å². The van der Waals surface area contributed by atoms with Crippen LogP contribution < -0.4 is 4.74 Å². The Kier molecular flexibility index (Phi) is 7.83. The first-order valence-electron chi connectivity index (χ1n) is 9.09. The van der Waals surface area contributed by atoms with Crippen molar-refractivity contribution < 1.29 is 17.9 Å². The number of aryl methyl sites for hydroxylation is 1. The van der Waals surface area contributed by atoms with Crippen molar-refractivity contribution >= 4 is 11.6 Å². The maximum absolute atomic E-state index is 14.6. The van der Waals surface area contributed by atoms with Crippen molar-refractivity contribution in [3.8, 4) is 16.9 Å². The summed E-state index contributed by atoms with van der Waals surface area (Å²) in [4.78, 5) is 0. The first-order chi connectivity index (χ1) is 12.5. The van der Waals surface area contributed by atoms with Crippen LogP contribution in [0.2, 0.25) is 5.02 Å². The Bertz CT molecular complexity index is 747. The fraction of sp³-hybridized carbons (Fsp3) is 0.429. The zero-order chi connectivity index (χ0) is 19.1. The maximum atomic E-state index is 14.6. The number of ether oxygens (including phenoxy) is 1. The van der Waals surface area contributed by atoms with E-state index < -0.39 is 17.5 Å². The molecule has 0 radical (unpaired) electrons. The Morgan fingerprint density at radius 1 is 0.808 bits per heavy atom. The topological polar surface area (TPSA) is 9.23 Å². The molecule has 2 aromatic carbocycles. The molecule has 0 aromatic heterocycles. The van der Waals surface area contributed by atoms with Crippen LogP contribution in [0.4, 0.5) is 13.2 Å². The lowest BCUT2D eigenvalue weighted by Gasteiger charge is -2.13. The van der Waals surface area contributed by atoms with Crippen molar-refractivity contribution in [2.24, 2.45) is 0 Å². The molecule has 2 rings (SSSR count). The van der Waals surface area contributed by atoms with Gasteiger partial charge in [0.15, 0.2) is 11.6 Å². The average molecular weight is 385 g/mol. The number of hydrogen-bond acceptors (Lipinski definition) is 1. The van der Waals surface area contributed by atoms with Gasteiger partial charge in [0, 0.05) is 11.1 Å². The second kappa shape index (κ2) is 9.86. The predicted octanol–water partition coefficient (Wildman–Crippen LogP) is 7.34. The molecule has 1 nitrogen and oxygen atoms in total. The van der Waals surface area contributed by atoms with Crippen molar-refractivity contribution in [3.05, 3.63) is 52.3 Å². The van der Waals surface area contributed by atoms with Crippen LogP contribution in [0.25, 0.3) is 11.1 Å². The summed E-state index contributed by atoms with van der Waals surface area (Å²) in [7, 11) is 0. The number of unbranched alkanes of at least 4 members (excludes halogenated alkanes) is 3. The number of rotatable bonds is 9. The lowest BCUT2D eigenvalue weighted by molar-refractivity contribution is 0.285. The van der Waals surface area contributed by atoms with Crippen LogP contribution in [0.5, 0.6) is 5.75 Å². The Labute approximate surface area is 158 Å². The van der Waals surface area contributed by atoms with Crippen LogP contribution in [0.3, 0.4) is 0 Å². The minimum Gasteiger partial charge on any atom is -0.490 e. The van der Waals surface area contributed by atoms with E-state index in [1.165, 1.54) is 18.2 Å². The monoisotopic (exact) mass is 384 g/mol. The fourth-order valence-corrected chi connectivity index (χ4v) is 3.08. The average Bonchev–Trinajstić information content (AvgIpc) is 2.63. The highest BCUT2D eigenvalue weighted by atomic mass is 35.5. The molecule has 0 heterocycles. The highest BCUT2D eigenvalue weighted by Gasteiger charge is 2.20. The van der Waals surface area contributed by atoms with Crippen molar-refractivity contribution in [2.75, 3.05) is 6.61 Å². The molecule has 0 spiro atoms. The standard InChI is InChI=1S/C21H24ClF3O/c1-3-5-6-7-13-26-17-12-11-16(20(24)21(17)25)15-10-9-14(8-4-2)18(22)19(15)23/h9-12H,3-8,13H2,1-2H3. The molecule has 142 valence electrons. The van der Waals surface area contributed by atoms with Crippen LogP contribution in [-0.2, 0) is 6.42 Å². The molecule has 0 unspecified atom stereocenters. The maximum Gasteiger partial charge on any atom is 0.201 e. The van der Waals surface area contributed by atoms with Gasteiger partial charge < -0.3 is 4.74 Å². The molecule has 0 N–H and O–H groups in total. The number of benzene rings is 2. The van der Waals surface area contributed by atoms with Gasteiger partial charge in [-0.2, -0.15) is 4.39 Å². The second-order valence-corrected chi connectivity index (χ2v) is 6.68. The molecular formula is C21H24ClF3O. The summed E-state index contributed by atoms with van der Waals surface area (Å²) in [5.74, 6) is -3.12. The zero-order valence-electron chi connectivity index (χ0n) is 15.2. The fourth-order valence-electron chi connectivity index (χ4n) is 2.82. The van der Waals surface area contributed by atoms with E-state index in [1.54, 1.807) is 6.07 Å². The summed E-state index contributed by atoms with van der Waals surface area (Å²) in [6, 6.07) is 5.75. The largest absolute Gasteiger partial charge is 0.490 e. The lowest BCUT2D eigenvalue weighted by atomic mass is 10.0. The van der Waals surface area contributed by atoms with Gasteiger partial charge in [-0.1, -0.05) is 63.3 Å². The smallest absolute Gasteiger partial charge is 0.201 e. The van der Waals surface area contributed by atoms with Crippen LogP contribution in [-0.4, -0.2) is 6.61 Å². The molecule has 0 aliphatic heterocycles. The Morgan fingerprint density at radius 3 is 2.19 bits per heavy atom. The number of hydrogen-bond donors (Lipinski definition) is 0. The lowest BCUT2D eigenvalue weighted by Crippen LogP contribution is -2.02. The Balaban J connectivity index is 2.24. The van der Waals surface area contributed by atoms with Gasteiger partial charge in [-0.3, -0.25) is 0 Å². The van der Waals surface area contributed by atoms with E-state index >= 15 is 0 Å². The molecule has 0 bridgehead atoms. The molecule has 0 saturated heterocycles. The van der Waals surface area contributed by atoms with E-state index in [1.807, 2.05) is 6.92 Å². The van der Waals surface area contributed by atoms with Crippen molar-refractivity contribution in [1.82, 2.24) is 0 Å². The first-order valence-corrected chi connectivity index (χ1v) is 9.47. The van der Waals surface area contributed by atoms with Gasteiger partial charge in [0.05, 0.1) is 11.6 Å². The van der Waals surface area contributed by atoms with Crippen LogP contribution >= 0.6 is 11.6 Å². The SMILES string of the molecule is CCCCCCOc1ccc(-c2ccc(CCC)c(Cl)c2F)c(F)c1F. The molecule has 0 saturated carbocycles. The van der Waals surface area contributed by atoms with Gasteiger partial charge in [0.2, 0.25) is 5.82 Å².